The molecule has 0 spiro atoms. The largest absolute Gasteiger partial charge is 0.361 e. The molecule has 0 radical (unpaired) electrons. The summed E-state index contributed by atoms with van der Waals surface area (Å²) < 4.78 is 1.10. The van der Waals surface area contributed by atoms with Crippen LogP contribution in [-0.2, 0) is 0 Å². The van der Waals surface area contributed by atoms with Gasteiger partial charge in [0.05, 0.1) is 0 Å². The van der Waals surface area contributed by atoms with Gasteiger partial charge >= 0.3 is 0 Å². The highest BCUT2D eigenvalue weighted by atomic mass is 79.9. The van der Waals surface area contributed by atoms with Crippen LogP contribution in [0.25, 0.3) is 10.9 Å². The zero-order valence-electron chi connectivity index (χ0n) is 10.2. The summed E-state index contributed by atoms with van der Waals surface area (Å²) in [5, 5.41) is 1.24. The number of unbranched alkanes of at least 4 members (excludes halogenated alkanes) is 2. The lowest BCUT2D eigenvalue weighted by Gasteiger charge is -2.10. The summed E-state index contributed by atoms with van der Waals surface area (Å²) in [7, 11) is 0. The minimum absolute atomic E-state index is 0.143. The maximum absolute atomic E-state index is 6.26. The fraction of sp³-hybridized carbons (Fsp3) is 0.429. The van der Waals surface area contributed by atoms with Crippen molar-refractivity contribution in [1.82, 2.24) is 4.98 Å². The van der Waals surface area contributed by atoms with Gasteiger partial charge in [0, 0.05) is 27.6 Å². The summed E-state index contributed by atoms with van der Waals surface area (Å²) in [5.74, 6) is 0. The molecule has 1 atom stereocenters. The summed E-state index contributed by atoms with van der Waals surface area (Å²) in [6, 6.07) is 6.41. The van der Waals surface area contributed by atoms with E-state index in [0.717, 1.165) is 16.4 Å². The Labute approximate surface area is 111 Å². The summed E-state index contributed by atoms with van der Waals surface area (Å²) in [5.41, 5.74) is 8.66. The monoisotopic (exact) mass is 294 g/mol. The van der Waals surface area contributed by atoms with E-state index in [1.807, 2.05) is 12.3 Å². The zero-order valence-corrected chi connectivity index (χ0v) is 11.8. The number of hydrogen-bond acceptors (Lipinski definition) is 1. The molecule has 1 heterocycles. The fourth-order valence-corrected chi connectivity index (χ4v) is 2.55. The molecule has 0 fully saturated rings. The lowest BCUT2D eigenvalue weighted by molar-refractivity contribution is 0.584. The van der Waals surface area contributed by atoms with E-state index >= 15 is 0 Å². The van der Waals surface area contributed by atoms with E-state index in [1.54, 1.807) is 0 Å². The van der Waals surface area contributed by atoms with E-state index in [0.29, 0.717) is 0 Å². The predicted molar refractivity (Wildman–Crippen MR) is 77.1 cm³/mol. The lowest BCUT2D eigenvalue weighted by Crippen LogP contribution is -2.09. The first-order valence-corrected chi connectivity index (χ1v) is 7.03. The van der Waals surface area contributed by atoms with Crippen molar-refractivity contribution in [2.75, 3.05) is 0 Å². The highest BCUT2D eigenvalue weighted by Crippen LogP contribution is 2.28. The molecule has 0 aliphatic rings. The first-order valence-electron chi connectivity index (χ1n) is 6.24. The van der Waals surface area contributed by atoms with Gasteiger partial charge < -0.3 is 10.7 Å². The van der Waals surface area contributed by atoms with Crippen molar-refractivity contribution in [3.8, 4) is 0 Å². The van der Waals surface area contributed by atoms with Crippen LogP contribution in [0.5, 0.6) is 0 Å². The molecule has 2 nitrogen and oxygen atoms in total. The third-order valence-electron chi connectivity index (χ3n) is 3.19. The summed E-state index contributed by atoms with van der Waals surface area (Å²) >= 11 is 3.51. The highest BCUT2D eigenvalue weighted by molar-refractivity contribution is 9.10. The number of benzene rings is 1. The van der Waals surface area contributed by atoms with Gasteiger partial charge in [0.15, 0.2) is 0 Å². The van der Waals surface area contributed by atoms with Gasteiger partial charge in [-0.2, -0.15) is 0 Å². The normalized spacial score (nSPS) is 13.1. The van der Waals surface area contributed by atoms with Crippen LogP contribution in [-0.4, -0.2) is 4.98 Å². The number of rotatable bonds is 5. The van der Waals surface area contributed by atoms with Crippen LogP contribution in [0.15, 0.2) is 28.9 Å². The molecule has 17 heavy (non-hydrogen) atoms. The first-order chi connectivity index (χ1) is 8.22. The summed E-state index contributed by atoms with van der Waals surface area (Å²) in [6.07, 6.45) is 6.82. The number of aromatic nitrogens is 1. The molecule has 0 aliphatic carbocycles. The third-order valence-corrected chi connectivity index (χ3v) is 3.69. The van der Waals surface area contributed by atoms with Gasteiger partial charge in [0.2, 0.25) is 0 Å². The third kappa shape index (κ3) is 2.90. The summed E-state index contributed by atoms with van der Waals surface area (Å²) in [6.45, 7) is 2.22. The fourth-order valence-electron chi connectivity index (χ4n) is 2.19. The van der Waals surface area contributed by atoms with Gasteiger partial charge in [-0.1, -0.05) is 42.1 Å². The summed E-state index contributed by atoms with van der Waals surface area (Å²) in [4.78, 5) is 3.29. The average molecular weight is 295 g/mol. The second-order valence-electron chi connectivity index (χ2n) is 4.54. The molecule has 2 rings (SSSR count). The van der Waals surface area contributed by atoms with Gasteiger partial charge in [-0.15, -0.1) is 0 Å². The molecular weight excluding hydrogens is 276 g/mol. The molecule has 3 heteroatoms. The molecule has 0 amide bonds. The van der Waals surface area contributed by atoms with Crippen LogP contribution in [0, 0.1) is 0 Å². The molecule has 0 saturated heterocycles. The van der Waals surface area contributed by atoms with E-state index in [9.17, 15) is 0 Å². The molecule has 3 N–H and O–H groups in total. The Bertz CT molecular complexity index is 490. The topological polar surface area (TPSA) is 41.8 Å². The molecule has 0 saturated carbocycles. The number of aromatic amines is 1. The van der Waals surface area contributed by atoms with Crippen molar-refractivity contribution < 1.29 is 0 Å². The van der Waals surface area contributed by atoms with E-state index in [4.69, 9.17) is 5.73 Å². The van der Waals surface area contributed by atoms with E-state index in [-0.39, 0.29) is 6.04 Å². The predicted octanol–water partition coefficient (Wildman–Crippen LogP) is 4.51. The second kappa shape index (κ2) is 5.69. The molecular formula is C14H19BrN2. The minimum atomic E-state index is 0.143. The molecule has 0 aliphatic heterocycles. The van der Waals surface area contributed by atoms with Crippen LogP contribution < -0.4 is 5.73 Å². The minimum Gasteiger partial charge on any atom is -0.361 e. The Balaban J connectivity index is 2.19. The molecule has 1 aromatic carbocycles. The Hall–Kier alpha value is -0.800. The van der Waals surface area contributed by atoms with Crippen molar-refractivity contribution in [3.05, 3.63) is 34.4 Å². The molecule has 0 bridgehead atoms. The number of nitrogens with one attached hydrogen (secondary N) is 1. The van der Waals surface area contributed by atoms with Crippen LogP contribution in [0.4, 0.5) is 0 Å². The standard InChI is InChI=1S/C14H19BrN2/c1-2-3-4-5-13(16)12-9-17-14-7-6-10(15)8-11(12)14/h6-9,13,17H,2-5,16H2,1H3/t13-/m1/s1. The number of halogens is 1. The van der Waals surface area contributed by atoms with Gasteiger partial charge in [-0.05, 0) is 30.2 Å². The van der Waals surface area contributed by atoms with Crippen molar-refractivity contribution in [3.63, 3.8) is 0 Å². The average Bonchev–Trinajstić information content (AvgIpc) is 2.72. The maximum Gasteiger partial charge on any atom is 0.0458 e. The highest BCUT2D eigenvalue weighted by Gasteiger charge is 2.11. The van der Waals surface area contributed by atoms with Crippen molar-refractivity contribution >= 4 is 26.8 Å². The lowest BCUT2D eigenvalue weighted by atomic mass is 10.0. The second-order valence-corrected chi connectivity index (χ2v) is 5.45. The van der Waals surface area contributed by atoms with Crippen molar-refractivity contribution in [1.29, 1.82) is 0 Å². The Kier molecular flexibility index (Phi) is 4.24. The molecule has 0 unspecified atom stereocenters. The van der Waals surface area contributed by atoms with Gasteiger partial charge in [0.25, 0.3) is 0 Å². The number of fused-ring (bicyclic) bond motifs is 1. The maximum atomic E-state index is 6.26. The quantitative estimate of drug-likeness (QED) is 0.783. The van der Waals surface area contributed by atoms with Crippen LogP contribution in [0.3, 0.4) is 0 Å². The molecule has 2 aromatic rings. The van der Waals surface area contributed by atoms with Crippen molar-refractivity contribution in [2.24, 2.45) is 5.73 Å². The molecule has 92 valence electrons. The first kappa shape index (κ1) is 12.7. The van der Waals surface area contributed by atoms with Gasteiger partial charge in [0.1, 0.15) is 0 Å². The number of H-pyrrole nitrogens is 1. The van der Waals surface area contributed by atoms with Gasteiger partial charge in [-0.3, -0.25) is 0 Å². The van der Waals surface area contributed by atoms with E-state index < -0.39 is 0 Å². The number of hydrogen-bond donors (Lipinski definition) is 2. The Morgan fingerprint density at radius 1 is 1.35 bits per heavy atom. The molecule has 1 aromatic heterocycles. The van der Waals surface area contributed by atoms with Crippen LogP contribution >= 0.6 is 15.9 Å². The number of nitrogens with two attached hydrogens (primary N) is 1. The van der Waals surface area contributed by atoms with E-state index in [1.165, 1.54) is 30.2 Å². The smallest absolute Gasteiger partial charge is 0.0458 e. The SMILES string of the molecule is CCCCC[C@@H](N)c1c[nH]c2ccc(Br)cc12. The zero-order chi connectivity index (χ0) is 12.3. The van der Waals surface area contributed by atoms with Crippen LogP contribution in [0.2, 0.25) is 0 Å². The van der Waals surface area contributed by atoms with Crippen LogP contribution in [0.1, 0.15) is 44.2 Å². The van der Waals surface area contributed by atoms with E-state index in [2.05, 4.69) is 40.0 Å². The Morgan fingerprint density at radius 2 is 2.18 bits per heavy atom. The van der Waals surface area contributed by atoms with Gasteiger partial charge in [-0.25, -0.2) is 0 Å². The Morgan fingerprint density at radius 3 is 2.94 bits per heavy atom. The van der Waals surface area contributed by atoms with Crippen molar-refractivity contribution in [2.45, 2.75) is 38.6 Å².